The van der Waals surface area contributed by atoms with Gasteiger partial charge in [-0.25, -0.2) is 0 Å². The molecule has 4 aromatic rings. The third-order valence-corrected chi connectivity index (χ3v) is 4.01. The number of benzene rings is 2. The van der Waals surface area contributed by atoms with Crippen LogP contribution in [0.4, 0.5) is 0 Å². The highest BCUT2D eigenvalue weighted by atomic mass is 14.7. The van der Waals surface area contributed by atoms with E-state index in [1.807, 2.05) is 67.0 Å². The molecular formula is C20H13N3. The van der Waals surface area contributed by atoms with Crippen molar-refractivity contribution in [2.75, 3.05) is 0 Å². The van der Waals surface area contributed by atoms with Crippen LogP contribution in [0.2, 0.25) is 0 Å². The first-order valence-electron chi connectivity index (χ1n) is 7.38. The summed E-state index contributed by atoms with van der Waals surface area (Å²) in [6.45, 7) is 0. The summed E-state index contributed by atoms with van der Waals surface area (Å²) in [6, 6.07) is 18.4. The van der Waals surface area contributed by atoms with Gasteiger partial charge in [0, 0.05) is 40.4 Å². The van der Waals surface area contributed by atoms with Gasteiger partial charge in [0.05, 0.1) is 11.6 Å². The number of hydrogen-bond acceptors (Lipinski definition) is 2. The van der Waals surface area contributed by atoms with Crippen LogP contribution in [0, 0.1) is 11.3 Å². The Balaban J connectivity index is 1.93. The van der Waals surface area contributed by atoms with Gasteiger partial charge in [-0.15, -0.1) is 0 Å². The predicted octanol–water partition coefficient (Wildman–Crippen LogP) is 4.78. The molecule has 0 unspecified atom stereocenters. The van der Waals surface area contributed by atoms with Crippen LogP contribution in [0.25, 0.3) is 33.3 Å². The van der Waals surface area contributed by atoms with Crippen molar-refractivity contribution >= 4 is 33.3 Å². The largest absolute Gasteiger partial charge is 0.361 e. The number of nitrogens with one attached hydrogen (secondary N) is 1. The van der Waals surface area contributed by atoms with Gasteiger partial charge in [-0.3, -0.25) is 4.98 Å². The maximum absolute atomic E-state index is 9.65. The fourth-order valence-corrected chi connectivity index (χ4v) is 2.89. The Kier molecular flexibility index (Phi) is 3.14. The molecule has 0 saturated carbocycles. The highest BCUT2D eigenvalue weighted by Gasteiger charge is 2.09. The molecule has 0 aliphatic heterocycles. The number of allylic oxidation sites excluding steroid dienone is 1. The fourth-order valence-electron chi connectivity index (χ4n) is 2.89. The van der Waals surface area contributed by atoms with E-state index in [1.165, 1.54) is 0 Å². The van der Waals surface area contributed by atoms with Crippen LogP contribution in [0.3, 0.4) is 0 Å². The zero-order chi connectivity index (χ0) is 15.6. The van der Waals surface area contributed by atoms with Crippen LogP contribution in [0.1, 0.15) is 11.1 Å². The van der Waals surface area contributed by atoms with Gasteiger partial charge in [0.25, 0.3) is 0 Å². The molecule has 0 aliphatic carbocycles. The normalized spacial score (nSPS) is 11.7. The van der Waals surface area contributed by atoms with Crippen molar-refractivity contribution < 1.29 is 0 Å². The number of nitriles is 1. The molecule has 0 saturated heterocycles. The first-order chi connectivity index (χ1) is 11.4. The zero-order valence-corrected chi connectivity index (χ0v) is 12.3. The minimum atomic E-state index is 0.645. The predicted molar refractivity (Wildman–Crippen MR) is 93.5 cm³/mol. The molecule has 0 aliphatic rings. The summed E-state index contributed by atoms with van der Waals surface area (Å²) in [5.74, 6) is 0. The maximum Gasteiger partial charge on any atom is 0.0998 e. The molecule has 2 aromatic heterocycles. The molecule has 0 atom stereocenters. The average Bonchev–Trinajstić information content (AvgIpc) is 3.04. The number of fused-ring (bicyclic) bond motifs is 2. The van der Waals surface area contributed by atoms with Crippen LogP contribution in [0.15, 0.2) is 67.1 Å². The van der Waals surface area contributed by atoms with Gasteiger partial charge < -0.3 is 4.98 Å². The van der Waals surface area contributed by atoms with Gasteiger partial charge >= 0.3 is 0 Å². The van der Waals surface area contributed by atoms with Crippen LogP contribution in [0.5, 0.6) is 0 Å². The lowest BCUT2D eigenvalue weighted by Gasteiger charge is -2.03. The Morgan fingerprint density at radius 3 is 2.87 bits per heavy atom. The summed E-state index contributed by atoms with van der Waals surface area (Å²) >= 11 is 0. The van der Waals surface area contributed by atoms with Crippen molar-refractivity contribution in [3.8, 4) is 6.07 Å². The molecule has 3 heteroatoms. The second kappa shape index (κ2) is 5.43. The summed E-state index contributed by atoms with van der Waals surface area (Å²) < 4.78 is 0. The summed E-state index contributed by atoms with van der Waals surface area (Å²) in [6.07, 6.45) is 7.45. The van der Waals surface area contributed by atoms with Crippen LogP contribution >= 0.6 is 0 Å². The number of aromatic nitrogens is 2. The Bertz CT molecular complexity index is 1080. The summed E-state index contributed by atoms with van der Waals surface area (Å²) in [5.41, 5.74) is 3.62. The zero-order valence-electron chi connectivity index (χ0n) is 12.3. The van der Waals surface area contributed by atoms with Gasteiger partial charge in [0.2, 0.25) is 0 Å². The smallest absolute Gasteiger partial charge is 0.0998 e. The van der Waals surface area contributed by atoms with Crippen molar-refractivity contribution in [3.05, 3.63) is 78.2 Å². The number of aromatic amines is 1. The van der Waals surface area contributed by atoms with Gasteiger partial charge in [0.15, 0.2) is 0 Å². The Hall–Kier alpha value is -3.38. The number of nitrogens with zero attached hydrogens (tertiary/aromatic N) is 2. The minimum absolute atomic E-state index is 0.645. The highest BCUT2D eigenvalue weighted by molar-refractivity contribution is 6.04. The van der Waals surface area contributed by atoms with Crippen molar-refractivity contribution in [1.29, 1.82) is 5.26 Å². The second-order valence-electron chi connectivity index (χ2n) is 5.36. The third-order valence-electron chi connectivity index (χ3n) is 4.01. The lowest BCUT2D eigenvalue weighted by Crippen LogP contribution is -1.83. The molecule has 108 valence electrons. The van der Waals surface area contributed by atoms with Crippen molar-refractivity contribution in [2.45, 2.75) is 0 Å². The van der Waals surface area contributed by atoms with Crippen LogP contribution in [-0.2, 0) is 0 Å². The molecule has 0 fully saturated rings. The summed E-state index contributed by atoms with van der Waals surface area (Å²) in [5, 5.41) is 12.9. The Morgan fingerprint density at radius 2 is 1.96 bits per heavy atom. The van der Waals surface area contributed by atoms with E-state index < -0.39 is 0 Å². The molecule has 23 heavy (non-hydrogen) atoms. The highest BCUT2D eigenvalue weighted by Crippen LogP contribution is 2.28. The molecule has 0 amide bonds. The van der Waals surface area contributed by atoms with Gasteiger partial charge in [-0.1, -0.05) is 36.4 Å². The average molecular weight is 295 g/mol. The van der Waals surface area contributed by atoms with E-state index >= 15 is 0 Å². The van der Waals surface area contributed by atoms with Crippen LogP contribution in [-0.4, -0.2) is 9.97 Å². The molecule has 0 spiro atoms. The maximum atomic E-state index is 9.65. The lowest BCUT2D eigenvalue weighted by molar-refractivity contribution is 1.36. The Morgan fingerprint density at radius 1 is 1.04 bits per heavy atom. The van der Waals surface area contributed by atoms with E-state index in [-0.39, 0.29) is 0 Å². The van der Waals surface area contributed by atoms with E-state index in [4.69, 9.17) is 0 Å². The molecule has 3 nitrogen and oxygen atoms in total. The molecular weight excluding hydrogens is 282 g/mol. The van der Waals surface area contributed by atoms with E-state index in [0.717, 1.165) is 32.8 Å². The van der Waals surface area contributed by atoms with Crippen molar-refractivity contribution in [2.24, 2.45) is 0 Å². The first kappa shape index (κ1) is 13.3. The number of pyridine rings is 1. The third kappa shape index (κ3) is 2.27. The standard InChI is InChI=1S/C20H13N3/c21-11-16(19-13-23-20-7-2-1-6-18(19)20)10-14-4-3-5-15-12-22-9-8-17(14)15/h1-10,12-13,23H. The SMILES string of the molecule is N#CC(=Cc1cccc2cnccc12)c1c[nH]c2ccccc12. The summed E-state index contributed by atoms with van der Waals surface area (Å²) in [4.78, 5) is 7.38. The second-order valence-corrected chi connectivity index (χ2v) is 5.36. The molecule has 2 aromatic carbocycles. The quantitative estimate of drug-likeness (QED) is 0.541. The van der Waals surface area contributed by atoms with Crippen molar-refractivity contribution in [3.63, 3.8) is 0 Å². The van der Waals surface area contributed by atoms with Crippen molar-refractivity contribution in [1.82, 2.24) is 9.97 Å². The van der Waals surface area contributed by atoms with Gasteiger partial charge in [0.1, 0.15) is 0 Å². The first-order valence-corrected chi connectivity index (χ1v) is 7.38. The lowest BCUT2D eigenvalue weighted by atomic mass is 10.00. The van der Waals surface area contributed by atoms with Gasteiger partial charge in [-0.2, -0.15) is 5.26 Å². The molecule has 4 rings (SSSR count). The topological polar surface area (TPSA) is 52.5 Å². The fraction of sp³-hybridized carbons (Fsp3) is 0. The van der Waals surface area contributed by atoms with Gasteiger partial charge in [-0.05, 0) is 29.2 Å². The minimum Gasteiger partial charge on any atom is -0.361 e. The Labute approximate surface area is 133 Å². The number of hydrogen-bond donors (Lipinski definition) is 1. The number of rotatable bonds is 2. The molecule has 0 bridgehead atoms. The number of H-pyrrole nitrogens is 1. The van der Waals surface area contributed by atoms with Crippen LogP contribution < -0.4 is 0 Å². The van der Waals surface area contributed by atoms with E-state index in [9.17, 15) is 5.26 Å². The monoisotopic (exact) mass is 295 g/mol. The van der Waals surface area contributed by atoms with E-state index in [2.05, 4.69) is 16.0 Å². The van der Waals surface area contributed by atoms with E-state index in [0.29, 0.717) is 5.57 Å². The molecule has 2 heterocycles. The molecule has 0 radical (unpaired) electrons. The molecule has 1 N–H and O–H groups in total. The number of para-hydroxylation sites is 1. The van der Waals surface area contributed by atoms with E-state index in [1.54, 1.807) is 6.20 Å². The summed E-state index contributed by atoms with van der Waals surface area (Å²) in [7, 11) is 0.